The number of allylic oxidation sites excluding steroid dienone is 1. The highest BCUT2D eigenvalue weighted by atomic mass is 35.5. The van der Waals surface area contributed by atoms with Gasteiger partial charge in [-0.05, 0) is 46.0 Å². The number of unbranched alkanes of at least 4 members (excludes halogenated alkanes) is 1. The van der Waals surface area contributed by atoms with Crippen LogP contribution >= 0.6 is 22.9 Å². The van der Waals surface area contributed by atoms with E-state index >= 15 is 0 Å². The maximum atomic E-state index is 12.4. The zero-order valence-electron chi connectivity index (χ0n) is 18.2. The van der Waals surface area contributed by atoms with Gasteiger partial charge in [-0.25, -0.2) is 10.1 Å². The summed E-state index contributed by atoms with van der Waals surface area (Å²) in [6.45, 7) is 2.58. The number of nitrogens with one attached hydrogen (secondary N) is 1. The Labute approximate surface area is 200 Å². The topological polar surface area (TPSA) is 115 Å². The quantitative estimate of drug-likeness (QED) is 0.348. The lowest BCUT2D eigenvalue weighted by molar-refractivity contribution is 0.0995. The molecule has 4 aromatic rings. The fourth-order valence-corrected chi connectivity index (χ4v) is 4.53. The van der Waals surface area contributed by atoms with Crippen LogP contribution in [0.3, 0.4) is 0 Å². The maximum absolute atomic E-state index is 12.4. The fourth-order valence-electron chi connectivity index (χ4n) is 3.60. The molecule has 0 atom stereocenters. The van der Waals surface area contributed by atoms with Gasteiger partial charge in [-0.15, -0.1) is 16.4 Å². The Hall–Kier alpha value is -3.30. The Bertz CT molecular complexity index is 1250. The van der Waals surface area contributed by atoms with Crippen LogP contribution in [0.25, 0.3) is 11.6 Å². The minimum atomic E-state index is -0.580. The number of aromatic amines is 1. The first kappa shape index (κ1) is 22.9. The summed E-state index contributed by atoms with van der Waals surface area (Å²) in [5, 5.41) is 17.1. The van der Waals surface area contributed by atoms with Gasteiger partial charge in [0.1, 0.15) is 5.82 Å². The monoisotopic (exact) mass is 481 g/mol. The van der Waals surface area contributed by atoms with E-state index in [1.807, 2.05) is 52.4 Å². The molecule has 4 rings (SSSR count). The number of primary amides is 1. The largest absolute Gasteiger partial charge is 0.364 e. The Morgan fingerprint density at radius 2 is 2.12 bits per heavy atom. The molecule has 0 unspecified atom stereocenters. The minimum absolute atomic E-state index is 0.226. The number of benzene rings is 1. The number of tetrazole rings is 1. The van der Waals surface area contributed by atoms with Gasteiger partial charge in [0.15, 0.2) is 11.5 Å². The molecule has 0 aliphatic carbocycles. The van der Waals surface area contributed by atoms with Crippen molar-refractivity contribution < 1.29 is 4.79 Å². The van der Waals surface area contributed by atoms with Crippen molar-refractivity contribution in [2.24, 2.45) is 5.73 Å². The van der Waals surface area contributed by atoms with Crippen molar-refractivity contribution in [2.75, 3.05) is 0 Å². The summed E-state index contributed by atoms with van der Waals surface area (Å²) >= 11 is 8.10. The molecule has 10 heteroatoms. The molecule has 0 saturated heterocycles. The number of imidazole rings is 1. The number of nitrogens with two attached hydrogens (primary N) is 1. The van der Waals surface area contributed by atoms with Gasteiger partial charge in [-0.1, -0.05) is 49.2 Å². The van der Waals surface area contributed by atoms with E-state index in [4.69, 9.17) is 17.3 Å². The summed E-state index contributed by atoms with van der Waals surface area (Å²) in [4.78, 5) is 18.2. The van der Waals surface area contributed by atoms with Gasteiger partial charge in [-0.2, -0.15) is 0 Å². The maximum Gasteiger partial charge on any atom is 0.269 e. The number of H-pyrrole nitrogens is 1. The van der Waals surface area contributed by atoms with Gasteiger partial charge in [-0.3, -0.25) is 4.79 Å². The van der Waals surface area contributed by atoms with Crippen molar-refractivity contribution in [1.82, 2.24) is 30.2 Å². The highest BCUT2D eigenvalue weighted by Gasteiger charge is 2.21. The van der Waals surface area contributed by atoms with Crippen LogP contribution < -0.4 is 5.73 Å². The van der Waals surface area contributed by atoms with E-state index in [2.05, 4.69) is 32.5 Å². The number of hydrogen-bond acceptors (Lipinski definition) is 6. The average molecular weight is 482 g/mol. The van der Waals surface area contributed by atoms with E-state index in [-0.39, 0.29) is 5.69 Å². The van der Waals surface area contributed by atoms with Crippen LogP contribution in [0.2, 0.25) is 5.02 Å². The van der Waals surface area contributed by atoms with Crippen LogP contribution in [-0.2, 0) is 19.4 Å². The predicted octanol–water partition coefficient (Wildman–Crippen LogP) is 4.38. The molecule has 33 heavy (non-hydrogen) atoms. The first-order valence-corrected chi connectivity index (χ1v) is 11.9. The lowest BCUT2D eigenvalue weighted by Crippen LogP contribution is -2.14. The lowest BCUT2D eigenvalue weighted by atomic mass is 10.1. The minimum Gasteiger partial charge on any atom is -0.364 e. The molecular weight excluding hydrogens is 458 g/mol. The molecule has 3 aromatic heterocycles. The number of carbonyl (C=O) groups is 1. The van der Waals surface area contributed by atoms with Crippen molar-refractivity contribution in [3.63, 3.8) is 0 Å². The average Bonchev–Trinajstić information content (AvgIpc) is 3.56. The third-order valence-electron chi connectivity index (χ3n) is 5.26. The Morgan fingerprint density at radius 1 is 1.27 bits per heavy atom. The van der Waals surface area contributed by atoms with Gasteiger partial charge < -0.3 is 10.3 Å². The number of halogens is 1. The number of rotatable bonds is 10. The molecule has 8 nitrogen and oxygen atoms in total. The first-order chi connectivity index (χ1) is 16.1. The van der Waals surface area contributed by atoms with E-state index in [1.165, 1.54) is 0 Å². The van der Waals surface area contributed by atoms with E-state index in [1.54, 1.807) is 11.3 Å². The number of thiophene rings is 1. The van der Waals surface area contributed by atoms with E-state index < -0.39 is 5.91 Å². The smallest absolute Gasteiger partial charge is 0.269 e. The second kappa shape index (κ2) is 10.5. The summed E-state index contributed by atoms with van der Waals surface area (Å²) in [6.07, 6.45) is 5.16. The number of carbonyl (C=O) groups excluding carboxylic acids is 1. The van der Waals surface area contributed by atoms with Gasteiger partial charge >= 0.3 is 0 Å². The van der Waals surface area contributed by atoms with Crippen LogP contribution in [0.15, 0.2) is 41.8 Å². The zero-order chi connectivity index (χ0) is 23.2. The van der Waals surface area contributed by atoms with Crippen LogP contribution in [0.5, 0.6) is 0 Å². The molecule has 170 valence electrons. The second-order valence-electron chi connectivity index (χ2n) is 7.58. The standard InChI is InChI=1S/C23H24ClN7OS/c1-2-3-10-20-26-21(22(25)32)19(31(20)14-15-7-4-5-9-18(15)24)13-16(23-27-29-30-28-23)12-17-8-6-11-33-17/h4-9,11,13H,2-3,10,12,14H2,1H3,(H2,25,32)(H,27,28,29,30)/b16-13+. The van der Waals surface area contributed by atoms with Crippen LogP contribution in [-0.4, -0.2) is 36.1 Å². The molecule has 1 aromatic carbocycles. The molecule has 0 aliphatic heterocycles. The summed E-state index contributed by atoms with van der Waals surface area (Å²) in [5.74, 6) is 0.741. The summed E-state index contributed by atoms with van der Waals surface area (Å²) < 4.78 is 2.02. The van der Waals surface area contributed by atoms with Gasteiger partial charge in [0.2, 0.25) is 0 Å². The Kier molecular flexibility index (Phi) is 7.31. The van der Waals surface area contributed by atoms with E-state index in [0.29, 0.717) is 29.5 Å². The van der Waals surface area contributed by atoms with Crippen LogP contribution in [0.4, 0.5) is 0 Å². The molecular formula is C23H24ClN7OS. The zero-order valence-corrected chi connectivity index (χ0v) is 19.7. The highest BCUT2D eigenvalue weighted by Crippen LogP contribution is 2.27. The van der Waals surface area contributed by atoms with E-state index in [0.717, 1.165) is 41.1 Å². The molecule has 3 heterocycles. The normalized spacial score (nSPS) is 11.8. The molecule has 0 fully saturated rings. The lowest BCUT2D eigenvalue weighted by Gasteiger charge is -2.13. The van der Waals surface area contributed by atoms with Crippen molar-refractivity contribution >= 4 is 40.5 Å². The van der Waals surface area contributed by atoms with Crippen molar-refractivity contribution in [1.29, 1.82) is 0 Å². The fraction of sp³-hybridized carbons (Fsp3) is 0.261. The Balaban J connectivity index is 1.87. The number of amides is 1. The predicted molar refractivity (Wildman–Crippen MR) is 130 cm³/mol. The van der Waals surface area contributed by atoms with Crippen molar-refractivity contribution in [3.05, 3.63) is 80.3 Å². The highest BCUT2D eigenvalue weighted by molar-refractivity contribution is 7.10. The SMILES string of the molecule is CCCCc1nc(C(N)=O)c(/C=C(\Cc2cccs2)c2nnn[nH]2)n1Cc1ccccc1Cl. The molecule has 0 aliphatic rings. The van der Waals surface area contributed by atoms with Gasteiger partial charge in [0, 0.05) is 28.3 Å². The number of nitrogens with zero attached hydrogens (tertiary/aromatic N) is 5. The van der Waals surface area contributed by atoms with Crippen molar-refractivity contribution in [2.45, 2.75) is 39.2 Å². The molecule has 0 bridgehead atoms. The second-order valence-corrected chi connectivity index (χ2v) is 9.02. The third-order valence-corrected chi connectivity index (χ3v) is 6.51. The molecule has 3 N–H and O–H groups in total. The number of aryl methyl sites for hydroxylation is 1. The molecule has 0 saturated carbocycles. The Morgan fingerprint density at radius 3 is 2.79 bits per heavy atom. The first-order valence-electron chi connectivity index (χ1n) is 10.7. The summed E-state index contributed by atoms with van der Waals surface area (Å²) in [5.41, 5.74) is 8.37. The molecule has 1 amide bonds. The third kappa shape index (κ3) is 5.37. The molecule has 0 spiro atoms. The van der Waals surface area contributed by atoms with Gasteiger partial charge in [0.05, 0.1) is 12.2 Å². The van der Waals surface area contributed by atoms with Crippen LogP contribution in [0, 0.1) is 0 Å². The number of aromatic nitrogens is 6. The van der Waals surface area contributed by atoms with Crippen LogP contribution in [0.1, 0.15) is 58.0 Å². The van der Waals surface area contributed by atoms with Crippen molar-refractivity contribution in [3.8, 4) is 0 Å². The summed E-state index contributed by atoms with van der Waals surface area (Å²) in [6, 6.07) is 11.7. The molecule has 0 radical (unpaired) electrons. The summed E-state index contributed by atoms with van der Waals surface area (Å²) in [7, 11) is 0. The van der Waals surface area contributed by atoms with E-state index in [9.17, 15) is 4.79 Å². The van der Waals surface area contributed by atoms with Gasteiger partial charge in [0.25, 0.3) is 5.91 Å². The number of hydrogen-bond donors (Lipinski definition) is 2.